The van der Waals surface area contributed by atoms with Crippen LogP contribution >= 0.6 is 0 Å². The molecule has 1 heterocycles. The first-order valence-corrected chi connectivity index (χ1v) is 5.53. The van der Waals surface area contributed by atoms with E-state index in [1.165, 1.54) is 0 Å². The molecule has 2 aliphatic rings. The number of amides is 1. The Hall–Kier alpha value is -1.97. The summed E-state index contributed by atoms with van der Waals surface area (Å²) in [6.45, 7) is 0. The van der Waals surface area contributed by atoms with Crippen molar-refractivity contribution in [2.75, 3.05) is 11.9 Å². The van der Waals surface area contributed by atoms with E-state index in [-0.39, 0.29) is 17.7 Å². The first-order valence-electron chi connectivity index (χ1n) is 5.53. The van der Waals surface area contributed by atoms with Crippen LogP contribution in [0.5, 0.6) is 0 Å². The van der Waals surface area contributed by atoms with Crippen LogP contribution < -0.4 is 4.90 Å². The lowest BCUT2D eigenvalue weighted by Gasteiger charge is -2.26. The topological polar surface area (TPSA) is 54.5 Å². The van der Waals surface area contributed by atoms with Crippen LogP contribution in [0.15, 0.2) is 12.1 Å². The van der Waals surface area contributed by atoms with Gasteiger partial charge in [-0.05, 0) is 30.0 Å². The van der Waals surface area contributed by atoms with Crippen LogP contribution in [0, 0.1) is 5.92 Å². The van der Waals surface area contributed by atoms with E-state index in [0.717, 1.165) is 17.7 Å². The monoisotopic (exact) mass is 229 g/mol. The predicted molar refractivity (Wildman–Crippen MR) is 61.5 cm³/mol. The number of carbonyl (C=O) groups is 3. The molecule has 1 aliphatic heterocycles. The van der Waals surface area contributed by atoms with E-state index in [9.17, 15) is 14.4 Å². The summed E-state index contributed by atoms with van der Waals surface area (Å²) in [5.74, 6) is 0.431. The van der Waals surface area contributed by atoms with Crippen LogP contribution in [0.2, 0.25) is 0 Å². The van der Waals surface area contributed by atoms with Gasteiger partial charge in [-0.15, -0.1) is 0 Å². The Morgan fingerprint density at radius 3 is 2.47 bits per heavy atom. The van der Waals surface area contributed by atoms with E-state index in [1.54, 1.807) is 24.1 Å². The number of nitrogens with zero attached hydrogens (tertiary/aromatic N) is 1. The molecule has 1 fully saturated rings. The molecule has 0 bridgehead atoms. The van der Waals surface area contributed by atoms with Crippen molar-refractivity contribution in [3.05, 3.63) is 28.8 Å². The first kappa shape index (κ1) is 10.2. The summed E-state index contributed by atoms with van der Waals surface area (Å²) in [6.07, 6.45) is 2.20. The average Bonchev–Trinajstić information content (AvgIpc) is 3.14. The molecule has 17 heavy (non-hydrogen) atoms. The van der Waals surface area contributed by atoms with Gasteiger partial charge in [0.05, 0.1) is 0 Å². The minimum Gasteiger partial charge on any atom is -0.315 e. The number of rotatable bonds is 2. The fourth-order valence-corrected chi connectivity index (χ4v) is 2.61. The molecule has 1 aromatic carbocycles. The Morgan fingerprint density at radius 1 is 1.18 bits per heavy atom. The molecule has 3 rings (SSSR count). The molecular weight excluding hydrogens is 218 g/mol. The molecule has 1 saturated carbocycles. The highest BCUT2D eigenvalue weighted by Crippen LogP contribution is 2.55. The maximum atomic E-state index is 11.9. The van der Waals surface area contributed by atoms with Gasteiger partial charge in [-0.2, -0.15) is 0 Å². The average molecular weight is 229 g/mol. The SMILES string of the molecule is CN1C(=O)C2CC2c2cc(C=O)c(C=O)cc21. The molecule has 0 radical (unpaired) electrons. The van der Waals surface area contributed by atoms with E-state index in [2.05, 4.69) is 0 Å². The Kier molecular flexibility index (Phi) is 1.96. The minimum absolute atomic E-state index is 0.0779. The number of fused-ring (bicyclic) bond motifs is 3. The molecule has 2 atom stereocenters. The van der Waals surface area contributed by atoms with Gasteiger partial charge in [0.2, 0.25) is 5.91 Å². The number of hydrogen-bond acceptors (Lipinski definition) is 3. The van der Waals surface area contributed by atoms with Gasteiger partial charge in [0.1, 0.15) is 0 Å². The highest BCUT2D eigenvalue weighted by molar-refractivity contribution is 6.03. The van der Waals surface area contributed by atoms with Crippen LogP contribution in [0.1, 0.15) is 38.6 Å². The van der Waals surface area contributed by atoms with Crippen LogP contribution in [0.25, 0.3) is 0 Å². The van der Waals surface area contributed by atoms with E-state index in [1.807, 2.05) is 0 Å². The number of hydrogen-bond donors (Lipinski definition) is 0. The van der Waals surface area contributed by atoms with Gasteiger partial charge in [0, 0.05) is 29.8 Å². The van der Waals surface area contributed by atoms with Crippen LogP contribution in [-0.2, 0) is 4.79 Å². The second-order valence-corrected chi connectivity index (χ2v) is 4.62. The summed E-state index contributed by atoms with van der Waals surface area (Å²) >= 11 is 0. The number of benzene rings is 1. The highest BCUT2D eigenvalue weighted by Gasteiger charge is 2.50. The minimum atomic E-state index is 0.0779. The molecule has 0 aromatic heterocycles. The van der Waals surface area contributed by atoms with Gasteiger partial charge < -0.3 is 4.90 Å². The summed E-state index contributed by atoms with van der Waals surface area (Å²) in [7, 11) is 1.71. The molecule has 0 spiro atoms. The predicted octanol–water partition coefficient (Wildman–Crippen LogP) is 1.39. The van der Waals surface area contributed by atoms with E-state index in [0.29, 0.717) is 23.7 Å². The molecule has 2 unspecified atom stereocenters. The Balaban J connectivity index is 2.22. The van der Waals surface area contributed by atoms with Crippen molar-refractivity contribution in [1.29, 1.82) is 0 Å². The lowest BCUT2D eigenvalue weighted by Crippen LogP contribution is -2.32. The number of anilines is 1. The summed E-state index contributed by atoms with van der Waals surface area (Å²) in [5, 5.41) is 0. The van der Waals surface area contributed by atoms with Crippen molar-refractivity contribution in [3.63, 3.8) is 0 Å². The zero-order chi connectivity index (χ0) is 12.2. The zero-order valence-electron chi connectivity index (χ0n) is 9.34. The third-order valence-electron chi connectivity index (χ3n) is 3.69. The lowest BCUT2D eigenvalue weighted by molar-refractivity contribution is -0.119. The van der Waals surface area contributed by atoms with E-state index in [4.69, 9.17) is 0 Å². The summed E-state index contributed by atoms with van der Waals surface area (Å²) in [6, 6.07) is 3.39. The second-order valence-electron chi connectivity index (χ2n) is 4.62. The van der Waals surface area contributed by atoms with E-state index >= 15 is 0 Å². The molecule has 0 saturated heterocycles. The Bertz CT molecular complexity index is 550. The molecule has 4 heteroatoms. The van der Waals surface area contributed by atoms with Crippen LogP contribution in [-0.4, -0.2) is 25.5 Å². The van der Waals surface area contributed by atoms with Crippen LogP contribution in [0.3, 0.4) is 0 Å². The summed E-state index contributed by atoms with van der Waals surface area (Å²) < 4.78 is 0. The Morgan fingerprint density at radius 2 is 1.82 bits per heavy atom. The maximum Gasteiger partial charge on any atom is 0.230 e. The van der Waals surface area contributed by atoms with Crippen molar-refractivity contribution in [1.82, 2.24) is 0 Å². The van der Waals surface area contributed by atoms with Crippen molar-refractivity contribution in [2.45, 2.75) is 12.3 Å². The van der Waals surface area contributed by atoms with Crippen molar-refractivity contribution >= 4 is 24.2 Å². The van der Waals surface area contributed by atoms with Gasteiger partial charge >= 0.3 is 0 Å². The van der Waals surface area contributed by atoms with Gasteiger partial charge in [-0.1, -0.05) is 0 Å². The van der Waals surface area contributed by atoms with Crippen molar-refractivity contribution in [2.24, 2.45) is 5.92 Å². The summed E-state index contributed by atoms with van der Waals surface area (Å²) in [5.41, 5.74) is 2.54. The second kappa shape index (κ2) is 3.26. The number of aldehydes is 2. The fraction of sp³-hybridized carbons (Fsp3) is 0.308. The van der Waals surface area contributed by atoms with E-state index < -0.39 is 0 Å². The van der Waals surface area contributed by atoms with Gasteiger partial charge in [0.15, 0.2) is 12.6 Å². The largest absolute Gasteiger partial charge is 0.315 e. The molecule has 1 aromatic rings. The van der Waals surface area contributed by atoms with Crippen molar-refractivity contribution in [3.8, 4) is 0 Å². The standard InChI is InChI=1S/C13H11NO3/c1-14-12-3-8(6-16)7(5-15)2-10(12)9-4-11(9)13(14)17/h2-3,5-6,9,11H,4H2,1H3. The molecular formula is C13H11NO3. The third-order valence-corrected chi connectivity index (χ3v) is 3.69. The lowest BCUT2D eigenvalue weighted by atomic mass is 9.96. The molecule has 1 aliphatic carbocycles. The van der Waals surface area contributed by atoms with Crippen LogP contribution in [0.4, 0.5) is 5.69 Å². The molecule has 0 N–H and O–H groups in total. The third kappa shape index (κ3) is 1.27. The zero-order valence-corrected chi connectivity index (χ0v) is 9.34. The normalized spacial score (nSPS) is 25.0. The number of carbonyl (C=O) groups excluding carboxylic acids is 3. The molecule has 1 amide bonds. The quantitative estimate of drug-likeness (QED) is 0.720. The molecule has 86 valence electrons. The molecule has 4 nitrogen and oxygen atoms in total. The fourth-order valence-electron chi connectivity index (χ4n) is 2.61. The van der Waals surface area contributed by atoms with Gasteiger partial charge in [-0.3, -0.25) is 14.4 Å². The Labute approximate surface area is 98.2 Å². The first-order chi connectivity index (χ1) is 8.17. The maximum absolute atomic E-state index is 11.9. The smallest absolute Gasteiger partial charge is 0.230 e. The van der Waals surface area contributed by atoms with Gasteiger partial charge in [0.25, 0.3) is 0 Å². The van der Waals surface area contributed by atoms with Crippen molar-refractivity contribution < 1.29 is 14.4 Å². The summed E-state index contributed by atoms with van der Waals surface area (Å²) in [4.78, 5) is 35.2. The highest BCUT2D eigenvalue weighted by atomic mass is 16.2. The van der Waals surface area contributed by atoms with Gasteiger partial charge in [-0.25, -0.2) is 0 Å².